The molecule has 392 valence electrons. The molecule has 74 heavy (non-hydrogen) atoms. The van der Waals surface area contributed by atoms with Crippen molar-refractivity contribution in [3.05, 3.63) is 90.0 Å². The van der Waals surface area contributed by atoms with Gasteiger partial charge in [0, 0.05) is 42.4 Å². The molecule has 0 atom stereocenters. The number of aromatic nitrogens is 6. The lowest BCUT2D eigenvalue weighted by Crippen LogP contribution is -2.37. The highest BCUT2D eigenvalue weighted by Gasteiger charge is 2.24. The number of hydrogen-bond acceptors (Lipinski definition) is 28. The Morgan fingerprint density at radius 2 is 1.05 bits per heavy atom. The lowest BCUT2D eigenvalue weighted by molar-refractivity contribution is -0.432. The maximum absolute atomic E-state index is 12.8. The second-order valence-electron chi connectivity index (χ2n) is 15.2. The average Bonchev–Trinajstić information content (AvgIpc) is 3.37. The Labute approximate surface area is 428 Å². The second-order valence-corrected chi connectivity index (χ2v) is 20.9. The zero-order valence-corrected chi connectivity index (χ0v) is 41.7. The van der Waals surface area contributed by atoms with E-state index in [4.69, 9.17) is 20.0 Å². The molecule has 0 bridgehead atoms. The van der Waals surface area contributed by atoms with Gasteiger partial charge < -0.3 is 40.5 Å². The number of hydrogen-bond donors (Lipinski definition) is 9. The number of rotatable bonds is 21. The Morgan fingerprint density at radius 3 is 1.61 bits per heavy atom. The largest absolute Gasteiger partial charge is 0.378 e. The van der Waals surface area contributed by atoms with Crippen LogP contribution < -0.4 is 31.1 Å². The van der Waals surface area contributed by atoms with Crippen LogP contribution in [0.25, 0.3) is 12.2 Å². The molecule has 2 aromatic heterocycles. The maximum atomic E-state index is 12.8. The van der Waals surface area contributed by atoms with Crippen LogP contribution in [0.5, 0.6) is 0 Å². The van der Waals surface area contributed by atoms with E-state index in [1.807, 2.05) is 4.90 Å². The van der Waals surface area contributed by atoms with Gasteiger partial charge in [-0.05, 0) is 71.8 Å². The number of ether oxygens (including phenoxy) is 2. The molecule has 6 aromatic rings. The van der Waals surface area contributed by atoms with Gasteiger partial charge in [0.25, 0.3) is 30.4 Å². The van der Waals surface area contributed by atoms with Crippen LogP contribution in [-0.2, 0) is 58.6 Å². The summed E-state index contributed by atoms with van der Waals surface area (Å²) in [5.41, 5.74) is 1.16. The fourth-order valence-electron chi connectivity index (χ4n) is 6.93. The average molecular weight is 1120 g/mol. The lowest BCUT2D eigenvalue weighted by Gasteiger charge is -2.27. The molecule has 29 nitrogen and oxygen atoms in total. The van der Waals surface area contributed by atoms with Gasteiger partial charge in [0.15, 0.2) is 0 Å². The van der Waals surface area contributed by atoms with E-state index in [0.717, 1.165) is 18.2 Å². The molecule has 34 heteroatoms. The molecule has 4 aromatic carbocycles. The smallest absolute Gasteiger partial charge is 0.296 e. The number of nitrogens with one attached hydrogen (secondary N) is 4. The first kappa shape index (κ1) is 53.8. The Hall–Kier alpha value is -6.45. The Bertz CT molecular complexity index is 3360. The molecule has 2 saturated heterocycles. The highest BCUT2D eigenvalue weighted by molar-refractivity contribution is 7.95. The summed E-state index contributed by atoms with van der Waals surface area (Å²) in [4.78, 5) is 29.4. The lowest BCUT2D eigenvalue weighted by atomic mass is 10.1. The molecule has 0 unspecified atom stereocenters. The molecular formula is C40H40N12O17S5. The number of benzene rings is 4. The molecule has 0 radical (unpaired) electrons. The first-order chi connectivity index (χ1) is 35.4. The van der Waals surface area contributed by atoms with Crippen molar-refractivity contribution >= 4 is 125 Å². The third kappa shape index (κ3) is 14.4. The third-order valence-electron chi connectivity index (χ3n) is 10.3. The van der Waals surface area contributed by atoms with Crippen LogP contribution in [-0.4, -0.2) is 132 Å². The summed E-state index contributed by atoms with van der Waals surface area (Å²) < 4.78 is 124. The van der Waals surface area contributed by atoms with E-state index < -0.39 is 50.7 Å². The van der Waals surface area contributed by atoms with E-state index in [2.05, 4.69) is 69.9 Å². The predicted octanol–water partition coefficient (Wildman–Crippen LogP) is 5.47. The van der Waals surface area contributed by atoms with Crippen molar-refractivity contribution in [2.75, 3.05) is 83.7 Å². The summed E-state index contributed by atoms with van der Waals surface area (Å²) in [7, 11) is -14.5. The van der Waals surface area contributed by atoms with Crippen molar-refractivity contribution in [2.45, 2.75) is 24.5 Å². The summed E-state index contributed by atoms with van der Waals surface area (Å²) in [6.07, 6.45) is 3.06. The van der Waals surface area contributed by atoms with Gasteiger partial charge in [0.1, 0.15) is 9.79 Å². The molecule has 2 fully saturated rings. The summed E-state index contributed by atoms with van der Waals surface area (Å²) >= 11 is 1.30. The van der Waals surface area contributed by atoms with Gasteiger partial charge in [-0.3, -0.25) is 13.7 Å². The normalized spacial score (nSPS) is 14.6. The predicted molar refractivity (Wildman–Crippen MR) is 264 cm³/mol. The van der Waals surface area contributed by atoms with Crippen molar-refractivity contribution in [3.8, 4) is 0 Å². The monoisotopic (exact) mass is 1120 g/mol. The van der Waals surface area contributed by atoms with E-state index in [0.29, 0.717) is 103 Å². The van der Waals surface area contributed by atoms with Gasteiger partial charge in [0.2, 0.25) is 35.7 Å². The summed E-state index contributed by atoms with van der Waals surface area (Å²) in [6, 6.07) is 17.9. The Morgan fingerprint density at radius 1 is 0.527 bits per heavy atom. The molecule has 4 heterocycles. The molecule has 9 N–H and O–H groups in total. The van der Waals surface area contributed by atoms with Gasteiger partial charge in [-0.2, -0.15) is 55.2 Å². The fraction of sp³-hybridized carbons (Fsp3) is 0.200. The van der Waals surface area contributed by atoms with Crippen LogP contribution >= 0.6 is 24.1 Å². The fourth-order valence-corrected chi connectivity index (χ4v) is 9.60. The van der Waals surface area contributed by atoms with Gasteiger partial charge in [-0.25, -0.2) is 10.5 Å². The first-order valence-electron chi connectivity index (χ1n) is 21.1. The molecular weight excluding hydrogens is 1080 g/mol. The van der Waals surface area contributed by atoms with Gasteiger partial charge >= 0.3 is 0 Å². The molecule has 2 aliphatic heterocycles. The summed E-state index contributed by atoms with van der Waals surface area (Å²) in [5.74, 6) is 0.0148. The van der Waals surface area contributed by atoms with Crippen LogP contribution in [0.3, 0.4) is 0 Å². The Balaban J connectivity index is 1.03. The van der Waals surface area contributed by atoms with Crippen LogP contribution in [0.2, 0.25) is 0 Å². The molecule has 0 saturated carbocycles. The quantitative estimate of drug-likeness (QED) is 0.0142. The minimum absolute atomic E-state index is 0.000106. The first-order valence-corrected chi connectivity index (χ1v) is 26.9. The van der Waals surface area contributed by atoms with Crippen molar-refractivity contribution < 1.29 is 77.6 Å². The van der Waals surface area contributed by atoms with Crippen LogP contribution in [0, 0.1) is 0 Å². The van der Waals surface area contributed by atoms with Crippen LogP contribution in [0.1, 0.15) is 11.1 Å². The minimum atomic E-state index is -4.91. The molecule has 2 aliphatic rings. The topological polar surface area (TPSA) is 391 Å². The number of nitrogens with zero attached hydrogens (tertiary/aromatic N) is 8. The van der Waals surface area contributed by atoms with Crippen molar-refractivity contribution in [2.24, 2.45) is 0 Å². The van der Waals surface area contributed by atoms with E-state index in [1.54, 1.807) is 53.4 Å². The van der Waals surface area contributed by atoms with Crippen molar-refractivity contribution in [3.63, 3.8) is 0 Å². The Kier molecular flexibility index (Phi) is 17.3. The number of morpholine rings is 2. The van der Waals surface area contributed by atoms with E-state index >= 15 is 0 Å². The van der Waals surface area contributed by atoms with Gasteiger partial charge in [-0.1, -0.05) is 40.4 Å². The van der Waals surface area contributed by atoms with E-state index in [-0.39, 0.29) is 46.9 Å². The van der Waals surface area contributed by atoms with E-state index in [9.17, 15) is 38.9 Å². The number of anilines is 10. The van der Waals surface area contributed by atoms with Crippen LogP contribution in [0.4, 0.5) is 58.4 Å². The van der Waals surface area contributed by atoms with E-state index in [1.165, 1.54) is 24.3 Å². The van der Waals surface area contributed by atoms with Crippen LogP contribution in [0.15, 0.2) is 103 Å². The maximum Gasteiger partial charge on any atom is 0.296 e. The zero-order chi connectivity index (χ0) is 52.5. The summed E-state index contributed by atoms with van der Waals surface area (Å²) in [5, 5.41) is 36.6. The molecule has 0 spiro atoms. The second kappa shape index (κ2) is 23.8. The third-order valence-corrected chi connectivity index (χ3v) is 14.2. The van der Waals surface area contributed by atoms with Crippen molar-refractivity contribution in [1.82, 2.24) is 29.9 Å². The SMILES string of the molecule is O=S(=O)(O)c1ccc(S(=O)(=O)O)c(Nc2nc(Nc3ccc(/C=C/c4ccc(Nc5nc(Nc6cc(SOOO)ccc6SOOO)nc(N6CCOCC6)n5)cc4S(=O)(=O)O)cc3)nc(N3CCOCC3)n2)c1. The standard InChI is InChI=1S/C40H40N12O17S5/c53-66-68-70-28-9-11-32(71-69-67-54)30(22-28)43-37-46-36(48-40(49-37)52-15-19-65-20-16-52)42-27-8-5-25(34(21-27)74(61,62)63)4-1-24-2-6-26(7-3-24)41-35-45-38(50-39(47-35)51-13-17-64-18-14-51)44-31-23-29(72(55,56)57)10-12-33(31)73(58,59)60/h1-12,21-23,53-54H,13-20H2,(H,55,56,57)(H,58,59,60)(H,61,62,63)(H2,41,44,45,47,50)(H2,42,43,46,48,49)/b4-1+. The highest BCUT2D eigenvalue weighted by Crippen LogP contribution is 2.35. The zero-order valence-electron chi connectivity index (χ0n) is 37.6. The van der Waals surface area contributed by atoms with Crippen molar-refractivity contribution in [1.29, 1.82) is 0 Å². The van der Waals surface area contributed by atoms with Gasteiger partial charge in [-0.15, -0.1) is 8.67 Å². The molecule has 0 aliphatic carbocycles. The molecule has 8 rings (SSSR count). The van der Waals surface area contributed by atoms with Gasteiger partial charge in [0.05, 0.1) is 71.7 Å². The molecule has 0 amide bonds. The minimum Gasteiger partial charge on any atom is -0.378 e. The highest BCUT2D eigenvalue weighted by atomic mass is 32.2. The summed E-state index contributed by atoms with van der Waals surface area (Å²) in [6.45, 7) is 3.10.